The van der Waals surface area contributed by atoms with Gasteiger partial charge in [-0.15, -0.1) is 0 Å². The molecular formula is C24H29N5O4S. The smallest absolute Gasteiger partial charge is 0.253 e. The van der Waals surface area contributed by atoms with Crippen molar-refractivity contribution >= 4 is 21.9 Å². The summed E-state index contributed by atoms with van der Waals surface area (Å²) in [4.78, 5) is 19.3. The fourth-order valence-electron chi connectivity index (χ4n) is 4.84. The minimum Gasteiger partial charge on any atom is -0.371 e. The number of nitrogens with two attached hydrogens (primary N) is 1. The molecule has 0 saturated carbocycles. The van der Waals surface area contributed by atoms with Crippen molar-refractivity contribution in [3.63, 3.8) is 0 Å². The molecule has 2 fully saturated rings. The molecule has 0 aliphatic carbocycles. The van der Waals surface area contributed by atoms with Gasteiger partial charge in [-0.1, -0.05) is 36.4 Å². The highest BCUT2D eigenvalue weighted by Crippen LogP contribution is 2.29. The Hall–Kier alpha value is -2.95. The van der Waals surface area contributed by atoms with Crippen LogP contribution in [0.3, 0.4) is 0 Å². The number of nitrogens with zero attached hydrogens (tertiary/aromatic N) is 3. The maximum Gasteiger partial charge on any atom is 0.253 e. The molecule has 9 nitrogen and oxygen atoms in total. The number of morpholine rings is 1. The number of sulfonamides is 1. The second-order valence-electron chi connectivity index (χ2n) is 9.06. The van der Waals surface area contributed by atoms with Gasteiger partial charge in [0.2, 0.25) is 10.0 Å². The summed E-state index contributed by atoms with van der Waals surface area (Å²) in [5.74, 6) is 0.290. The van der Waals surface area contributed by atoms with Gasteiger partial charge in [-0.2, -0.15) is 4.31 Å². The lowest BCUT2D eigenvalue weighted by atomic mass is 9.88. The third kappa shape index (κ3) is 4.40. The molecule has 5 rings (SSSR count). The third-order valence-electron chi connectivity index (χ3n) is 6.87. The van der Waals surface area contributed by atoms with Crippen molar-refractivity contribution in [3.8, 4) is 0 Å². The molecule has 0 bridgehead atoms. The lowest BCUT2D eigenvalue weighted by Gasteiger charge is -2.39. The normalized spacial score (nSPS) is 22.9. The van der Waals surface area contributed by atoms with E-state index in [0.29, 0.717) is 37.8 Å². The first-order chi connectivity index (χ1) is 16.4. The highest BCUT2D eigenvalue weighted by molar-refractivity contribution is 7.89. The van der Waals surface area contributed by atoms with Gasteiger partial charge in [0.15, 0.2) is 5.96 Å². The average molecular weight is 484 g/mol. The lowest BCUT2D eigenvalue weighted by Crippen LogP contribution is -2.55. The minimum atomic E-state index is -3.77. The van der Waals surface area contributed by atoms with Gasteiger partial charge in [0, 0.05) is 31.7 Å². The minimum absolute atomic E-state index is 0.124. The number of aliphatic imine (C=N–C) groups is 1. The molecule has 34 heavy (non-hydrogen) atoms. The van der Waals surface area contributed by atoms with E-state index in [-0.39, 0.29) is 35.5 Å². The van der Waals surface area contributed by atoms with Crippen molar-refractivity contribution < 1.29 is 17.9 Å². The molecule has 10 heteroatoms. The predicted octanol–water partition coefficient (Wildman–Crippen LogP) is 1.34. The molecule has 3 heterocycles. The van der Waals surface area contributed by atoms with E-state index in [0.717, 1.165) is 18.4 Å². The number of hydrogen-bond acceptors (Lipinski definition) is 7. The average Bonchev–Trinajstić information content (AvgIpc) is 3.24. The van der Waals surface area contributed by atoms with Gasteiger partial charge in [0.25, 0.3) is 5.91 Å². The SMILES string of the molecule is NC1=NCC2(CCN(C(=O)c3cccc(S(=O)(=O)N4CCOC(c5ccccc5)C4)c3)CC2)N1. The maximum absolute atomic E-state index is 13.4. The Balaban J connectivity index is 1.29. The number of piperidine rings is 1. The van der Waals surface area contributed by atoms with Crippen molar-refractivity contribution in [1.82, 2.24) is 14.5 Å². The predicted molar refractivity (Wildman–Crippen MR) is 128 cm³/mol. The van der Waals surface area contributed by atoms with E-state index in [1.165, 1.54) is 10.4 Å². The van der Waals surface area contributed by atoms with Crippen LogP contribution in [0.2, 0.25) is 0 Å². The Labute approximate surface area is 199 Å². The topological polar surface area (TPSA) is 117 Å². The number of benzene rings is 2. The summed E-state index contributed by atoms with van der Waals surface area (Å²) in [6, 6.07) is 16.0. The summed E-state index contributed by atoms with van der Waals surface area (Å²) < 4.78 is 34.1. The molecule has 2 saturated heterocycles. The number of likely N-dealkylation sites (tertiary alicyclic amines) is 1. The molecule has 2 aromatic carbocycles. The zero-order chi connectivity index (χ0) is 23.8. The van der Waals surface area contributed by atoms with E-state index < -0.39 is 10.0 Å². The first-order valence-electron chi connectivity index (χ1n) is 11.5. The summed E-state index contributed by atoms with van der Waals surface area (Å²) in [5.41, 5.74) is 6.92. The van der Waals surface area contributed by atoms with E-state index >= 15 is 0 Å². The van der Waals surface area contributed by atoms with Gasteiger partial charge in [-0.3, -0.25) is 9.79 Å². The molecule has 1 spiro atoms. The summed E-state index contributed by atoms with van der Waals surface area (Å²) in [6.45, 7) is 2.57. The van der Waals surface area contributed by atoms with E-state index in [2.05, 4.69) is 10.3 Å². The van der Waals surface area contributed by atoms with E-state index in [4.69, 9.17) is 10.5 Å². The molecule has 2 aromatic rings. The molecule has 3 aliphatic heterocycles. The van der Waals surface area contributed by atoms with Gasteiger partial charge in [0.1, 0.15) is 0 Å². The molecule has 1 atom stereocenters. The first kappa shape index (κ1) is 22.8. The van der Waals surface area contributed by atoms with Crippen LogP contribution in [-0.4, -0.2) is 74.4 Å². The number of rotatable bonds is 4. The second-order valence-corrected chi connectivity index (χ2v) is 11.0. The Morgan fingerprint density at radius 1 is 1.09 bits per heavy atom. The summed E-state index contributed by atoms with van der Waals surface area (Å²) in [6.07, 6.45) is 1.17. The third-order valence-corrected chi connectivity index (χ3v) is 8.73. The molecular weight excluding hydrogens is 454 g/mol. The second kappa shape index (κ2) is 9.01. The van der Waals surface area contributed by atoms with Gasteiger partial charge >= 0.3 is 0 Å². The van der Waals surface area contributed by atoms with Crippen LogP contribution in [0.25, 0.3) is 0 Å². The van der Waals surface area contributed by atoms with Gasteiger partial charge in [-0.25, -0.2) is 8.42 Å². The van der Waals surface area contributed by atoms with Crippen LogP contribution in [0.1, 0.15) is 34.9 Å². The highest BCUT2D eigenvalue weighted by Gasteiger charge is 2.39. The fraction of sp³-hybridized carbons (Fsp3) is 0.417. The standard InChI is InChI=1S/C24H29N5O4S/c25-23-26-17-24(27-23)9-11-28(12-10-24)22(30)19-7-4-8-20(15-19)34(31,32)29-13-14-33-21(16-29)18-5-2-1-3-6-18/h1-8,15,21H,9-14,16-17H2,(H3,25,26,27). The Morgan fingerprint density at radius 2 is 1.85 bits per heavy atom. The number of ether oxygens (including phenoxy) is 1. The lowest BCUT2D eigenvalue weighted by molar-refractivity contribution is -0.00255. The molecule has 3 N–H and O–H groups in total. The number of nitrogens with one attached hydrogen (secondary N) is 1. The van der Waals surface area contributed by atoms with Crippen molar-refractivity contribution in [2.75, 3.05) is 39.3 Å². The van der Waals surface area contributed by atoms with Crippen molar-refractivity contribution in [2.24, 2.45) is 10.7 Å². The highest BCUT2D eigenvalue weighted by atomic mass is 32.2. The Bertz CT molecular complexity index is 1190. The maximum atomic E-state index is 13.4. The zero-order valence-electron chi connectivity index (χ0n) is 18.9. The molecule has 3 aliphatic rings. The number of hydrogen-bond donors (Lipinski definition) is 2. The Kier molecular flexibility index (Phi) is 6.05. The summed E-state index contributed by atoms with van der Waals surface area (Å²) in [7, 11) is -3.77. The quantitative estimate of drug-likeness (QED) is 0.678. The molecule has 0 radical (unpaired) electrons. The monoisotopic (exact) mass is 483 g/mol. The number of carbonyl (C=O) groups is 1. The van der Waals surface area contributed by atoms with Crippen LogP contribution in [0.4, 0.5) is 0 Å². The number of guanidine groups is 1. The van der Waals surface area contributed by atoms with Crippen LogP contribution in [-0.2, 0) is 14.8 Å². The van der Waals surface area contributed by atoms with E-state index in [1.807, 2.05) is 30.3 Å². The zero-order valence-corrected chi connectivity index (χ0v) is 19.7. The largest absolute Gasteiger partial charge is 0.371 e. The van der Waals surface area contributed by atoms with Crippen LogP contribution < -0.4 is 11.1 Å². The molecule has 1 unspecified atom stereocenters. The molecule has 1 amide bonds. The van der Waals surface area contributed by atoms with Crippen LogP contribution in [0.15, 0.2) is 64.5 Å². The van der Waals surface area contributed by atoms with Gasteiger partial charge < -0.3 is 20.7 Å². The van der Waals surface area contributed by atoms with Gasteiger partial charge in [0.05, 0.1) is 29.7 Å². The van der Waals surface area contributed by atoms with E-state index in [9.17, 15) is 13.2 Å². The van der Waals surface area contributed by atoms with Crippen molar-refractivity contribution in [1.29, 1.82) is 0 Å². The van der Waals surface area contributed by atoms with Gasteiger partial charge in [-0.05, 0) is 36.6 Å². The molecule has 0 aromatic heterocycles. The molecule has 180 valence electrons. The number of amides is 1. The fourth-order valence-corrected chi connectivity index (χ4v) is 6.31. The van der Waals surface area contributed by atoms with Crippen LogP contribution in [0.5, 0.6) is 0 Å². The Morgan fingerprint density at radius 3 is 2.56 bits per heavy atom. The summed E-state index contributed by atoms with van der Waals surface area (Å²) >= 11 is 0. The van der Waals surface area contributed by atoms with Crippen molar-refractivity contribution in [3.05, 3.63) is 65.7 Å². The summed E-state index contributed by atoms with van der Waals surface area (Å²) in [5, 5.41) is 3.24. The first-order valence-corrected chi connectivity index (χ1v) is 12.9. The van der Waals surface area contributed by atoms with Crippen LogP contribution >= 0.6 is 0 Å². The van der Waals surface area contributed by atoms with E-state index in [1.54, 1.807) is 23.1 Å². The number of carbonyl (C=O) groups excluding carboxylic acids is 1. The van der Waals surface area contributed by atoms with Crippen LogP contribution in [0, 0.1) is 0 Å². The van der Waals surface area contributed by atoms with Crippen molar-refractivity contribution in [2.45, 2.75) is 29.4 Å².